The number of imide groups is 1. The average Bonchev–Trinajstić information content (AvgIpc) is 3.37. The summed E-state index contributed by atoms with van der Waals surface area (Å²) in [7, 11) is 0. The standard InChI is InChI=1S/C23H29ClN4O3/c1-3-5-12-27-21(29)18-7-6-13-26(18)20-19(22(27)30)28(23(25-20)31-14-4-2)15-16-8-10-17(24)11-9-16/h8-11,18H,3-7,12-15H2,1-2H3/t18-/m1/s1. The van der Waals surface area contributed by atoms with Crippen molar-refractivity contribution >= 4 is 29.2 Å². The van der Waals surface area contributed by atoms with Crippen LogP contribution in [0, 0.1) is 0 Å². The maximum Gasteiger partial charge on any atom is 0.299 e. The highest BCUT2D eigenvalue weighted by molar-refractivity contribution is 6.30. The molecule has 1 saturated heterocycles. The van der Waals surface area contributed by atoms with Crippen molar-refractivity contribution < 1.29 is 14.3 Å². The lowest BCUT2D eigenvalue weighted by molar-refractivity contribution is -0.129. The van der Waals surface area contributed by atoms with Crippen molar-refractivity contribution in [2.24, 2.45) is 0 Å². The third-order valence-electron chi connectivity index (χ3n) is 5.86. The monoisotopic (exact) mass is 444 g/mol. The van der Waals surface area contributed by atoms with E-state index in [-0.39, 0.29) is 17.9 Å². The number of imidazole rings is 1. The smallest absolute Gasteiger partial charge is 0.299 e. The highest BCUT2D eigenvalue weighted by Gasteiger charge is 2.45. The highest BCUT2D eigenvalue weighted by Crippen LogP contribution is 2.36. The van der Waals surface area contributed by atoms with Crippen LogP contribution in [0.25, 0.3) is 0 Å². The Balaban J connectivity index is 1.82. The predicted molar refractivity (Wildman–Crippen MR) is 120 cm³/mol. The van der Waals surface area contributed by atoms with Gasteiger partial charge in [0.2, 0.25) is 0 Å². The number of amides is 2. The quantitative estimate of drug-likeness (QED) is 0.573. The van der Waals surface area contributed by atoms with Crippen LogP contribution >= 0.6 is 11.6 Å². The molecule has 3 heterocycles. The molecule has 2 aliphatic rings. The molecule has 1 fully saturated rings. The van der Waals surface area contributed by atoms with Crippen molar-refractivity contribution in [1.29, 1.82) is 0 Å². The van der Waals surface area contributed by atoms with Gasteiger partial charge in [-0.25, -0.2) is 0 Å². The third-order valence-corrected chi connectivity index (χ3v) is 6.11. The van der Waals surface area contributed by atoms with E-state index in [1.54, 1.807) is 0 Å². The largest absolute Gasteiger partial charge is 0.465 e. The molecule has 31 heavy (non-hydrogen) atoms. The van der Waals surface area contributed by atoms with Gasteiger partial charge in [0.25, 0.3) is 17.8 Å². The van der Waals surface area contributed by atoms with Crippen LogP contribution in [0.2, 0.25) is 5.02 Å². The maximum absolute atomic E-state index is 13.7. The van der Waals surface area contributed by atoms with Crippen LogP contribution in [-0.2, 0) is 11.3 Å². The molecule has 2 amide bonds. The van der Waals surface area contributed by atoms with Gasteiger partial charge >= 0.3 is 0 Å². The number of fused-ring (bicyclic) bond motifs is 3. The minimum Gasteiger partial charge on any atom is -0.465 e. The number of aromatic nitrogens is 2. The van der Waals surface area contributed by atoms with Crippen LogP contribution in [0.3, 0.4) is 0 Å². The van der Waals surface area contributed by atoms with Crippen molar-refractivity contribution in [3.8, 4) is 6.01 Å². The Bertz CT molecular complexity index is 956. The minimum absolute atomic E-state index is 0.108. The van der Waals surface area contributed by atoms with Gasteiger partial charge in [-0.3, -0.25) is 19.1 Å². The summed E-state index contributed by atoms with van der Waals surface area (Å²) < 4.78 is 7.78. The number of benzene rings is 1. The second-order valence-electron chi connectivity index (χ2n) is 8.13. The molecule has 166 valence electrons. The number of hydrogen-bond donors (Lipinski definition) is 0. The zero-order valence-electron chi connectivity index (χ0n) is 18.1. The Morgan fingerprint density at radius 2 is 1.94 bits per heavy atom. The fourth-order valence-electron chi connectivity index (χ4n) is 4.27. The van der Waals surface area contributed by atoms with Gasteiger partial charge in [0, 0.05) is 18.1 Å². The van der Waals surface area contributed by atoms with E-state index in [9.17, 15) is 9.59 Å². The summed E-state index contributed by atoms with van der Waals surface area (Å²) in [5.74, 6) is 0.179. The predicted octanol–water partition coefficient (Wildman–Crippen LogP) is 4.12. The van der Waals surface area contributed by atoms with Crippen LogP contribution in [0.4, 0.5) is 5.82 Å². The number of halogens is 1. The second kappa shape index (κ2) is 9.30. The summed E-state index contributed by atoms with van der Waals surface area (Å²) in [6, 6.07) is 7.60. The number of hydrogen-bond acceptors (Lipinski definition) is 5. The fourth-order valence-corrected chi connectivity index (χ4v) is 4.39. The maximum atomic E-state index is 13.7. The van der Waals surface area contributed by atoms with E-state index in [1.165, 1.54) is 4.90 Å². The molecule has 1 atom stereocenters. The van der Waals surface area contributed by atoms with E-state index >= 15 is 0 Å². The lowest BCUT2D eigenvalue weighted by atomic mass is 10.2. The molecule has 7 nitrogen and oxygen atoms in total. The molecular formula is C23H29ClN4O3. The summed E-state index contributed by atoms with van der Waals surface area (Å²) in [6.45, 7) is 6.15. The van der Waals surface area contributed by atoms with Crippen molar-refractivity contribution in [3.63, 3.8) is 0 Å². The van der Waals surface area contributed by atoms with E-state index in [0.29, 0.717) is 48.8 Å². The zero-order chi connectivity index (χ0) is 22.0. The summed E-state index contributed by atoms with van der Waals surface area (Å²) in [6.07, 6.45) is 4.17. The van der Waals surface area contributed by atoms with Crippen molar-refractivity contribution in [2.45, 2.75) is 58.5 Å². The lowest BCUT2D eigenvalue weighted by Gasteiger charge is -2.25. The number of ether oxygens (including phenoxy) is 1. The van der Waals surface area contributed by atoms with Crippen molar-refractivity contribution in [1.82, 2.24) is 14.5 Å². The molecule has 0 unspecified atom stereocenters. The van der Waals surface area contributed by atoms with Gasteiger partial charge in [-0.05, 0) is 43.4 Å². The van der Waals surface area contributed by atoms with Gasteiger partial charge in [-0.2, -0.15) is 4.98 Å². The fraction of sp³-hybridized carbons (Fsp3) is 0.522. The Morgan fingerprint density at radius 1 is 1.16 bits per heavy atom. The molecule has 2 aromatic rings. The summed E-state index contributed by atoms with van der Waals surface area (Å²) >= 11 is 6.05. The van der Waals surface area contributed by atoms with E-state index in [0.717, 1.165) is 37.7 Å². The summed E-state index contributed by atoms with van der Waals surface area (Å²) in [4.78, 5) is 35.1. The molecule has 0 radical (unpaired) electrons. The first-order chi connectivity index (χ1) is 15.0. The van der Waals surface area contributed by atoms with E-state index in [2.05, 4.69) is 6.92 Å². The van der Waals surface area contributed by atoms with E-state index < -0.39 is 0 Å². The first-order valence-corrected chi connectivity index (χ1v) is 11.5. The molecule has 0 aliphatic carbocycles. The van der Waals surface area contributed by atoms with E-state index in [1.807, 2.05) is 40.7 Å². The van der Waals surface area contributed by atoms with Gasteiger partial charge < -0.3 is 9.64 Å². The number of unbranched alkanes of at least 4 members (excludes halogenated alkanes) is 1. The summed E-state index contributed by atoms with van der Waals surface area (Å²) in [5, 5.41) is 0.656. The number of rotatable bonds is 8. The lowest BCUT2D eigenvalue weighted by Crippen LogP contribution is -2.46. The Morgan fingerprint density at radius 3 is 2.65 bits per heavy atom. The van der Waals surface area contributed by atoms with Crippen molar-refractivity contribution in [2.75, 3.05) is 24.6 Å². The van der Waals surface area contributed by atoms with Gasteiger partial charge in [0.05, 0.1) is 13.2 Å². The molecule has 0 bridgehead atoms. The van der Waals surface area contributed by atoms with Gasteiger partial charge in [-0.15, -0.1) is 0 Å². The van der Waals surface area contributed by atoms with Crippen LogP contribution in [-0.4, -0.2) is 52.0 Å². The molecule has 0 saturated carbocycles. The molecule has 1 aromatic carbocycles. The van der Waals surface area contributed by atoms with Gasteiger partial charge in [-0.1, -0.05) is 44.0 Å². The molecular weight excluding hydrogens is 416 g/mol. The topological polar surface area (TPSA) is 67.7 Å². The van der Waals surface area contributed by atoms with Gasteiger partial charge in [0.1, 0.15) is 6.04 Å². The van der Waals surface area contributed by atoms with Crippen LogP contribution in [0.1, 0.15) is 62.0 Å². The molecule has 8 heteroatoms. The molecule has 4 rings (SSSR count). The van der Waals surface area contributed by atoms with Crippen molar-refractivity contribution in [3.05, 3.63) is 40.5 Å². The number of anilines is 1. The average molecular weight is 445 g/mol. The summed E-state index contributed by atoms with van der Waals surface area (Å²) in [5.41, 5.74) is 1.42. The number of nitrogens with zero attached hydrogens (tertiary/aromatic N) is 4. The number of carbonyl (C=O) groups is 2. The van der Waals surface area contributed by atoms with Gasteiger partial charge in [0.15, 0.2) is 11.5 Å². The van der Waals surface area contributed by atoms with Crippen LogP contribution < -0.4 is 9.64 Å². The van der Waals surface area contributed by atoms with E-state index in [4.69, 9.17) is 21.3 Å². The molecule has 0 N–H and O–H groups in total. The minimum atomic E-state index is -0.333. The molecule has 2 aliphatic heterocycles. The Kier molecular flexibility index (Phi) is 6.51. The SMILES string of the molecule is CCCCN1C(=O)c2c(nc(OCCC)n2Cc2ccc(Cl)cc2)N2CCC[C@@H]2C1=O. The molecule has 0 spiro atoms. The normalized spacial score (nSPS) is 18.2. The Hall–Kier alpha value is -2.54. The first-order valence-electron chi connectivity index (χ1n) is 11.1. The second-order valence-corrected chi connectivity index (χ2v) is 8.56. The highest BCUT2D eigenvalue weighted by atomic mass is 35.5. The van der Waals surface area contributed by atoms with Crippen LogP contribution in [0.5, 0.6) is 6.01 Å². The molecule has 1 aromatic heterocycles. The zero-order valence-corrected chi connectivity index (χ0v) is 18.9. The number of carbonyl (C=O) groups excluding carboxylic acids is 2. The third kappa shape index (κ3) is 4.15. The first kappa shape index (κ1) is 21.7. The van der Waals surface area contributed by atoms with Crippen LogP contribution in [0.15, 0.2) is 24.3 Å². The Labute approximate surface area is 187 Å².